The number of nitrogens with one attached hydrogen (secondary N) is 2. The van der Waals surface area contributed by atoms with E-state index in [0.717, 1.165) is 18.2 Å². The summed E-state index contributed by atoms with van der Waals surface area (Å²) in [4.78, 5) is 27.0. The molecule has 0 aliphatic carbocycles. The van der Waals surface area contributed by atoms with Crippen molar-refractivity contribution in [1.29, 1.82) is 0 Å². The Morgan fingerprint density at radius 3 is 2.31 bits per heavy atom. The molecule has 0 saturated heterocycles. The molecule has 166 valence electrons. The van der Waals surface area contributed by atoms with Gasteiger partial charge in [-0.05, 0) is 36.4 Å². The molecule has 0 bridgehead atoms. The summed E-state index contributed by atoms with van der Waals surface area (Å²) in [6.45, 7) is 0. The van der Waals surface area contributed by atoms with Crippen molar-refractivity contribution >= 4 is 34.9 Å². The summed E-state index contributed by atoms with van der Waals surface area (Å²) in [5.74, 6) is -1.45. The Labute approximate surface area is 183 Å². The van der Waals surface area contributed by atoms with Crippen LogP contribution >= 0.6 is 11.6 Å². The molecule has 0 spiro atoms. The van der Waals surface area contributed by atoms with Crippen molar-refractivity contribution in [3.63, 3.8) is 0 Å². The van der Waals surface area contributed by atoms with Crippen molar-refractivity contribution in [2.24, 2.45) is 5.73 Å². The molecule has 3 amide bonds. The zero-order valence-electron chi connectivity index (χ0n) is 15.8. The van der Waals surface area contributed by atoms with Crippen LogP contribution in [0.4, 0.5) is 33.7 Å². The number of carbonyl (C=O) groups excluding carboxylic acids is 2. The fraction of sp³-hybridized carbons (Fsp3) is 0.0500. The van der Waals surface area contributed by atoms with Crippen molar-refractivity contribution in [2.45, 2.75) is 6.18 Å². The first-order chi connectivity index (χ1) is 15.0. The number of aromatic nitrogens is 1. The fourth-order valence-corrected chi connectivity index (χ4v) is 2.64. The molecule has 4 N–H and O–H groups in total. The van der Waals surface area contributed by atoms with Gasteiger partial charge in [-0.2, -0.15) is 13.2 Å². The fourth-order valence-electron chi connectivity index (χ4n) is 2.48. The molecule has 3 rings (SSSR count). The van der Waals surface area contributed by atoms with E-state index in [0.29, 0.717) is 6.07 Å². The van der Waals surface area contributed by atoms with E-state index in [1.807, 2.05) is 0 Å². The van der Waals surface area contributed by atoms with E-state index >= 15 is 0 Å². The molecule has 12 heteroatoms. The molecule has 0 aliphatic heterocycles. The van der Waals surface area contributed by atoms with Crippen molar-refractivity contribution in [3.05, 3.63) is 76.8 Å². The second-order valence-electron chi connectivity index (χ2n) is 6.26. The van der Waals surface area contributed by atoms with Crippen LogP contribution in [-0.2, 0) is 6.18 Å². The molecule has 0 fully saturated rings. The number of pyridine rings is 1. The van der Waals surface area contributed by atoms with Gasteiger partial charge in [0, 0.05) is 18.3 Å². The summed E-state index contributed by atoms with van der Waals surface area (Å²) < 4.78 is 58.3. The molecule has 0 aliphatic rings. The van der Waals surface area contributed by atoms with Gasteiger partial charge < -0.3 is 21.1 Å². The summed E-state index contributed by atoms with van der Waals surface area (Å²) in [7, 11) is 0. The first kappa shape index (κ1) is 22.8. The zero-order chi connectivity index (χ0) is 23.5. The Morgan fingerprint density at radius 1 is 0.969 bits per heavy atom. The SMILES string of the molecule is NC(=O)c1cc(Oc2ccc(NC(=O)Nc3cc(C(F)(F)F)ccc3Cl)c(F)c2)ccn1. The Kier molecular flexibility index (Phi) is 6.49. The van der Waals surface area contributed by atoms with E-state index in [-0.39, 0.29) is 33.6 Å². The quantitative estimate of drug-likeness (QED) is 0.434. The van der Waals surface area contributed by atoms with E-state index in [4.69, 9.17) is 22.1 Å². The van der Waals surface area contributed by atoms with E-state index in [2.05, 4.69) is 15.6 Å². The monoisotopic (exact) mass is 468 g/mol. The number of primary amides is 1. The lowest BCUT2D eigenvalue weighted by Gasteiger charge is -2.13. The van der Waals surface area contributed by atoms with Crippen molar-refractivity contribution < 1.29 is 31.9 Å². The maximum absolute atomic E-state index is 14.4. The summed E-state index contributed by atoms with van der Waals surface area (Å²) in [5, 5.41) is 4.17. The van der Waals surface area contributed by atoms with Crippen molar-refractivity contribution in [1.82, 2.24) is 4.98 Å². The third-order valence-electron chi connectivity index (χ3n) is 3.95. The third kappa shape index (κ3) is 5.64. The molecular weight excluding hydrogens is 456 g/mol. The number of hydrogen-bond acceptors (Lipinski definition) is 4. The van der Waals surface area contributed by atoms with Crippen molar-refractivity contribution in [2.75, 3.05) is 10.6 Å². The predicted octanol–water partition coefficient (Wildman–Crippen LogP) is 5.43. The van der Waals surface area contributed by atoms with Crippen LogP contribution in [0.15, 0.2) is 54.7 Å². The predicted molar refractivity (Wildman–Crippen MR) is 108 cm³/mol. The number of benzene rings is 2. The minimum atomic E-state index is -4.63. The number of urea groups is 1. The van der Waals surface area contributed by atoms with Crippen LogP contribution in [0.25, 0.3) is 0 Å². The first-order valence-electron chi connectivity index (χ1n) is 8.71. The molecule has 0 radical (unpaired) electrons. The van der Waals surface area contributed by atoms with Gasteiger partial charge in [0.2, 0.25) is 0 Å². The number of ether oxygens (including phenoxy) is 1. The second kappa shape index (κ2) is 9.10. The number of rotatable bonds is 5. The smallest absolute Gasteiger partial charge is 0.416 e. The van der Waals surface area contributed by atoms with E-state index < -0.39 is 29.5 Å². The molecule has 1 heterocycles. The number of nitrogens with zero attached hydrogens (tertiary/aromatic N) is 1. The van der Waals surface area contributed by atoms with Gasteiger partial charge in [-0.25, -0.2) is 9.18 Å². The van der Waals surface area contributed by atoms with E-state index in [1.165, 1.54) is 30.5 Å². The largest absolute Gasteiger partial charge is 0.457 e. The minimum absolute atomic E-state index is 0.0380. The summed E-state index contributed by atoms with van der Waals surface area (Å²) in [6.07, 6.45) is -3.35. The summed E-state index contributed by atoms with van der Waals surface area (Å²) >= 11 is 5.82. The third-order valence-corrected chi connectivity index (χ3v) is 4.28. The number of hydrogen-bond donors (Lipinski definition) is 3. The van der Waals surface area contributed by atoms with E-state index in [1.54, 1.807) is 0 Å². The van der Waals surface area contributed by atoms with Gasteiger partial charge >= 0.3 is 12.2 Å². The lowest BCUT2D eigenvalue weighted by atomic mass is 10.2. The summed E-state index contributed by atoms with van der Waals surface area (Å²) in [6, 6.07) is 7.52. The average molecular weight is 469 g/mol. The highest BCUT2D eigenvalue weighted by Gasteiger charge is 2.31. The van der Waals surface area contributed by atoms with E-state index in [9.17, 15) is 27.2 Å². The van der Waals surface area contributed by atoms with Gasteiger partial charge in [0.25, 0.3) is 5.91 Å². The molecule has 7 nitrogen and oxygen atoms in total. The van der Waals surface area contributed by atoms with Gasteiger partial charge in [0.05, 0.1) is 22.0 Å². The van der Waals surface area contributed by atoms with Gasteiger partial charge in [0.15, 0.2) is 0 Å². The maximum atomic E-state index is 14.4. The highest BCUT2D eigenvalue weighted by atomic mass is 35.5. The standard InChI is InChI=1S/C20H13ClF4N4O3/c21-13-3-1-10(20(23,24)25)7-16(13)29-19(31)28-15-4-2-11(8-14(15)22)32-12-5-6-27-17(9-12)18(26)30/h1-9H,(H2,26,30)(H2,28,29,31). The van der Waals surface area contributed by atoms with Gasteiger partial charge in [0.1, 0.15) is 23.0 Å². The number of carbonyl (C=O) groups is 2. The van der Waals surface area contributed by atoms with Gasteiger partial charge in [-0.3, -0.25) is 9.78 Å². The van der Waals surface area contributed by atoms with Crippen LogP contribution in [0.5, 0.6) is 11.5 Å². The Bertz CT molecular complexity index is 1190. The number of alkyl halides is 3. The molecule has 2 aromatic carbocycles. The highest BCUT2D eigenvalue weighted by Crippen LogP contribution is 2.34. The topological polar surface area (TPSA) is 106 Å². The second-order valence-corrected chi connectivity index (χ2v) is 6.66. The lowest BCUT2D eigenvalue weighted by Crippen LogP contribution is -2.20. The average Bonchev–Trinajstić information content (AvgIpc) is 2.71. The number of anilines is 2. The van der Waals surface area contributed by atoms with Crippen LogP contribution < -0.4 is 21.1 Å². The van der Waals surface area contributed by atoms with Crippen LogP contribution in [-0.4, -0.2) is 16.9 Å². The van der Waals surface area contributed by atoms with Crippen LogP contribution in [0, 0.1) is 5.82 Å². The molecular formula is C20H13ClF4N4O3. The Morgan fingerprint density at radius 2 is 1.66 bits per heavy atom. The molecule has 1 aromatic heterocycles. The van der Waals surface area contributed by atoms with Crippen LogP contribution in [0.3, 0.4) is 0 Å². The van der Waals surface area contributed by atoms with Crippen molar-refractivity contribution in [3.8, 4) is 11.5 Å². The number of amides is 3. The Hall–Kier alpha value is -3.86. The molecule has 0 atom stereocenters. The summed E-state index contributed by atoms with van der Waals surface area (Å²) in [5.41, 5.74) is 3.49. The highest BCUT2D eigenvalue weighted by molar-refractivity contribution is 6.33. The first-order valence-corrected chi connectivity index (χ1v) is 9.09. The minimum Gasteiger partial charge on any atom is -0.457 e. The molecule has 3 aromatic rings. The maximum Gasteiger partial charge on any atom is 0.416 e. The molecule has 32 heavy (non-hydrogen) atoms. The number of halogens is 5. The number of nitrogens with two attached hydrogens (primary N) is 1. The normalized spacial score (nSPS) is 11.0. The molecule has 0 unspecified atom stereocenters. The van der Waals surface area contributed by atoms with Crippen LogP contribution in [0.1, 0.15) is 16.1 Å². The Balaban J connectivity index is 1.70. The van der Waals surface area contributed by atoms with Crippen LogP contribution in [0.2, 0.25) is 5.02 Å². The lowest BCUT2D eigenvalue weighted by molar-refractivity contribution is -0.137. The van der Waals surface area contributed by atoms with Gasteiger partial charge in [-0.1, -0.05) is 11.6 Å². The van der Waals surface area contributed by atoms with Gasteiger partial charge in [-0.15, -0.1) is 0 Å². The zero-order valence-corrected chi connectivity index (χ0v) is 16.6. The molecule has 0 saturated carbocycles.